The Balaban J connectivity index is 1.79. The second-order valence-electron chi connectivity index (χ2n) is 8.29. The minimum absolute atomic E-state index is 0.0692. The minimum atomic E-state index is -0.790. The van der Waals surface area contributed by atoms with Gasteiger partial charge in [-0.25, -0.2) is 0 Å². The maximum atomic E-state index is 12.2. The van der Waals surface area contributed by atoms with Crippen LogP contribution in [0.5, 0.6) is 0 Å². The Morgan fingerprint density at radius 3 is 2.70 bits per heavy atom. The molecule has 5 nitrogen and oxygen atoms in total. The van der Waals surface area contributed by atoms with Crippen LogP contribution in [0.4, 0.5) is 0 Å². The molecule has 0 spiro atoms. The molecule has 23 heavy (non-hydrogen) atoms. The van der Waals surface area contributed by atoms with E-state index in [0.717, 1.165) is 45.1 Å². The number of carbonyl (C=O) groups is 2. The van der Waals surface area contributed by atoms with Crippen molar-refractivity contribution in [2.45, 2.75) is 83.8 Å². The van der Waals surface area contributed by atoms with Crippen LogP contribution in [0.15, 0.2) is 0 Å². The summed E-state index contributed by atoms with van der Waals surface area (Å²) in [4.78, 5) is 25.9. The number of likely N-dealkylation sites (tertiary alicyclic amines) is 1. The summed E-state index contributed by atoms with van der Waals surface area (Å²) in [5.74, 6) is 0.0805. The first-order valence-corrected chi connectivity index (χ1v) is 8.99. The highest BCUT2D eigenvalue weighted by Gasteiger charge is 2.38. The molecule has 2 fully saturated rings. The number of amides is 2. The number of hydrogen-bond donors (Lipinski definition) is 2. The molecule has 2 aliphatic rings. The van der Waals surface area contributed by atoms with Gasteiger partial charge in [0.15, 0.2) is 0 Å². The van der Waals surface area contributed by atoms with Crippen molar-refractivity contribution in [3.63, 3.8) is 0 Å². The molecule has 1 saturated carbocycles. The van der Waals surface area contributed by atoms with E-state index >= 15 is 0 Å². The third-order valence-electron chi connectivity index (χ3n) is 5.29. The lowest BCUT2D eigenvalue weighted by atomic mass is 9.70. The Bertz CT molecular complexity index is 450. The number of rotatable bonds is 5. The van der Waals surface area contributed by atoms with Gasteiger partial charge in [-0.1, -0.05) is 13.8 Å². The maximum Gasteiger partial charge on any atom is 0.222 e. The lowest BCUT2D eigenvalue weighted by Gasteiger charge is -2.41. The van der Waals surface area contributed by atoms with Crippen molar-refractivity contribution in [2.24, 2.45) is 5.41 Å². The van der Waals surface area contributed by atoms with Gasteiger partial charge in [0.2, 0.25) is 11.8 Å². The van der Waals surface area contributed by atoms with Crippen LogP contribution in [0.25, 0.3) is 0 Å². The zero-order valence-corrected chi connectivity index (χ0v) is 14.9. The molecule has 0 aromatic rings. The maximum absolute atomic E-state index is 12.2. The summed E-state index contributed by atoms with van der Waals surface area (Å²) in [5.41, 5.74) is -0.660. The summed E-state index contributed by atoms with van der Waals surface area (Å²) in [7, 11) is 0. The first kappa shape index (κ1) is 18.2. The number of aliphatic hydroxyl groups is 1. The summed E-state index contributed by atoms with van der Waals surface area (Å²) < 4.78 is 0. The van der Waals surface area contributed by atoms with Crippen molar-refractivity contribution in [3.05, 3.63) is 0 Å². The Kier molecular flexibility index (Phi) is 5.71. The third kappa shape index (κ3) is 5.20. The molecule has 5 heteroatoms. The van der Waals surface area contributed by atoms with Crippen molar-refractivity contribution >= 4 is 11.8 Å². The van der Waals surface area contributed by atoms with Gasteiger partial charge >= 0.3 is 0 Å². The Hall–Kier alpha value is -1.10. The number of carbonyl (C=O) groups excluding carboxylic acids is 2. The van der Waals surface area contributed by atoms with E-state index in [2.05, 4.69) is 19.2 Å². The standard InChI is InChI=1S/C18H32N2O3/c1-14(20-10-5-4-7-16(20)22)11-15(21)19-13-18(23)9-6-8-17(2,3)12-18/h14,23H,4-13H2,1-3H3,(H,19,21). The third-order valence-corrected chi connectivity index (χ3v) is 5.29. The van der Waals surface area contributed by atoms with Crippen molar-refractivity contribution in [1.29, 1.82) is 0 Å². The Labute approximate surface area is 139 Å². The van der Waals surface area contributed by atoms with E-state index in [1.165, 1.54) is 0 Å². The smallest absolute Gasteiger partial charge is 0.222 e. The molecule has 0 aromatic carbocycles. The largest absolute Gasteiger partial charge is 0.388 e. The number of nitrogens with zero attached hydrogens (tertiary/aromatic N) is 1. The molecule has 1 saturated heterocycles. The van der Waals surface area contributed by atoms with Gasteiger partial charge in [0, 0.05) is 32.0 Å². The molecule has 1 heterocycles. The summed E-state index contributed by atoms with van der Waals surface area (Å²) in [6, 6.07) is -0.0692. The molecule has 2 N–H and O–H groups in total. The van der Waals surface area contributed by atoms with Crippen LogP contribution < -0.4 is 5.32 Å². The van der Waals surface area contributed by atoms with Crippen LogP contribution in [-0.4, -0.2) is 46.6 Å². The zero-order chi connectivity index (χ0) is 17.1. The second kappa shape index (κ2) is 7.20. The van der Waals surface area contributed by atoms with Gasteiger partial charge in [0.1, 0.15) is 0 Å². The lowest BCUT2D eigenvalue weighted by Crippen LogP contribution is -2.49. The molecular formula is C18H32N2O3. The van der Waals surface area contributed by atoms with Crippen LogP contribution in [0, 0.1) is 5.41 Å². The van der Waals surface area contributed by atoms with Gasteiger partial charge < -0.3 is 15.3 Å². The average Bonchev–Trinajstić information content (AvgIpc) is 2.44. The molecule has 1 aliphatic carbocycles. The quantitative estimate of drug-likeness (QED) is 0.815. The van der Waals surface area contributed by atoms with Crippen molar-refractivity contribution in [3.8, 4) is 0 Å². The number of nitrogens with one attached hydrogen (secondary N) is 1. The molecule has 2 amide bonds. The fraction of sp³-hybridized carbons (Fsp3) is 0.889. The first-order chi connectivity index (χ1) is 10.7. The topological polar surface area (TPSA) is 69.6 Å². The van der Waals surface area contributed by atoms with Crippen LogP contribution in [-0.2, 0) is 9.59 Å². The van der Waals surface area contributed by atoms with Gasteiger partial charge in [0.25, 0.3) is 0 Å². The fourth-order valence-electron chi connectivity index (χ4n) is 4.12. The number of hydrogen-bond acceptors (Lipinski definition) is 3. The zero-order valence-electron chi connectivity index (χ0n) is 14.9. The highest BCUT2D eigenvalue weighted by Crippen LogP contribution is 2.40. The van der Waals surface area contributed by atoms with E-state index < -0.39 is 5.60 Å². The molecule has 1 aliphatic heterocycles. The Morgan fingerprint density at radius 2 is 2.04 bits per heavy atom. The lowest BCUT2D eigenvalue weighted by molar-refractivity contribution is -0.136. The monoisotopic (exact) mass is 324 g/mol. The predicted molar refractivity (Wildman–Crippen MR) is 89.9 cm³/mol. The molecule has 132 valence electrons. The highest BCUT2D eigenvalue weighted by molar-refractivity contribution is 5.80. The van der Waals surface area contributed by atoms with E-state index in [4.69, 9.17) is 0 Å². The number of piperidine rings is 1. The predicted octanol–water partition coefficient (Wildman–Crippen LogP) is 2.22. The molecule has 2 rings (SSSR count). The summed E-state index contributed by atoms with van der Waals surface area (Å²) >= 11 is 0. The Morgan fingerprint density at radius 1 is 1.30 bits per heavy atom. The summed E-state index contributed by atoms with van der Waals surface area (Å²) in [5, 5.41) is 13.6. The first-order valence-electron chi connectivity index (χ1n) is 8.99. The molecule has 2 unspecified atom stereocenters. The SMILES string of the molecule is CC(CC(=O)NCC1(O)CCCC(C)(C)C1)N1CCCCC1=O. The van der Waals surface area contributed by atoms with Gasteiger partial charge in [-0.15, -0.1) is 0 Å². The minimum Gasteiger partial charge on any atom is -0.388 e. The van der Waals surface area contributed by atoms with Crippen molar-refractivity contribution in [2.75, 3.05) is 13.1 Å². The van der Waals surface area contributed by atoms with E-state index in [9.17, 15) is 14.7 Å². The molecule has 0 aromatic heterocycles. The van der Waals surface area contributed by atoms with E-state index in [0.29, 0.717) is 19.4 Å². The van der Waals surface area contributed by atoms with Gasteiger partial charge in [-0.2, -0.15) is 0 Å². The van der Waals surface area contributed by atoms with E-state index in [-0.39, 0.29) is 23.3 Å². The van der Waals surface area contributed by atoms with Crippen LogP contribution in [0.1, 0.15) is 72.1 Å². The molecule has 0 bridgehead atoms. The van der Waals surface area contributed by atoms with Crippen LogP contribution in [0.2, 0.25) is 0 Å². The highest BCUT2D eigenvalue weighted by atomic mass is 16.3. The fourth-order valence-corrected chi connectivity index (χ4v) is 4.12. The van der Waals surface area contributed by atoms with Crippen LogP contribution >= 0.6 is 0 Å². The average molecular weight is 324 g/mol. The van der Waals surface area contributed by atoms with Gasteiger partial charge in [0.05, 0.1) is 5.60 Å². The van der Waals surface area contributed by atoms with E-state index in [1.54, 1.807) is 0 Å². The van der Waals surface area contributed by atoms with Crippen molar-refractivity contribution < 1.29 is 14.7 Å². The van der Waals surface area contributed by atoms with Gasteiger partial charge in [-0.05, 0) is 50.9 Å². The summed E-state index contributed by atoms with van der Waals surface area (Å²) in [6.45, 7) is 7.34. The molecular weight excluding hydrogens is 292 g/mol. The summed E-state index contributed by atoms with van der Waals surface area (Å²) in [6.07, 6.45) is 6.47. The van der Waals surface area contributed by atoms with Crippen molar-refractivity contribution in [1.82, 2.24) is 10.2 Å². The van der Waals surface area contributed by atoms with E-state index in [1.807, 2.05) is 11.8 Å². The van der Waals surface area contributed by atoms with Crippen LogP contribution in [0.3, 0.4) is 0 Å². The molecule has 0 radical (unpaired) electrons. The molecule has 2 atom stereocenters. The second-order valence-corrected chi connectivity index (χ2v) is 8.29. The normalized spacial score (nSPS) is 29.2. The van der Waals surface area contributed by atoms with Gasteiger partial charge in [-0.3, -0.25) is 9.59 Å².